The minimum Gasteiger partial charge on any atom is -0.497 e. The van der Waals surface area contributed by atoms with Crippen molar-refractivity contribution in [1.82, 2.24) is 10.2 Å². The molecule has 1 amide bonds. The van der Waals surface area contributed by atoms with Crippen molar-refractivity contribution in [3.63, 3.8) is 0 Å². The van der Waals surface area contributed by atoms with Crippen LogP contribution in [-0.2, 0) is 11.3 Å². The number of nitrogens with one attached hydrogen (secondary N) is 1. The third-order valence-electron chi connectivity index (χ3n) is 5.03. The summed E-state index contributed by atoms with van der Waals surface area (Å²) in [6.07, 6.45) is 1.61. The molecule has 3 rings (SSSR count). The number of carbonyl (C=O) groups excluding carboxylic acids is 2. The summed E-state index contributed by atoms with van der Waals surface area (Å²) in [5.41, 5.74) is 1.82. The van der Waals surface area contributed by atoms with Crippen LogP contribution >= 0.6 is 0 Å². The number of nitrogens with zero attached hydrogens (tertiary/aromatic N) is 1. The van der Waals surface area contributed by atoms with Crippen LogP contribution < -0.4 is 10.1 Å². The molecule has 1 aliphatic heterocycles. The quantitative estimate of drug-likeness (QED) is 0.766. The van der Waals surface area contributed by atoms with E-state index < -0.39 is 0 Å². The van der Waals surface area contributed by atoms with E-state index >= 15 is 0 Å². The van der Waals surface area contributed by atoms with Crippen LogP contribution in [0, 0.1) is 5.92 Å². The summed E-state index contributed by atoms with van der Waals surface area (Å²) in [6, 6.07) is 17.1. The third-order valence-corrected chi connectivity index (χ3v) is 5.03. The zero-order chi connectivity index (χ0) is 19.1. The van der Waals surface area contributed by atoms with Crippen molar-refractivity contribution in [2.75, 3.05) is 26.7 Å². The molecule has 1 aliphatic rings. The van der Waals surface area contributed by atoms with E-state index in [-0.39, 0.29) is 17.6 Å². The number of piperidine rings is 1. The van der Waals surface area contributed by atoms with Crippen LogP contribution in [-0.4, -0.2) is 43.3 Å². The van der Waals surface area contributed by atoms with Gasteiger partial charge in [-0.3, -0.25) is 14.5 Å². The van der Waals surface area contributed by atoms with Crippen LogP contribution in [0.15, 0.2) is 54.6 Å². The smallest absolute Gasteiger partial charge is 0.234 e. The first-order valence-electron chi connectivity index (χ1n) is 9.37. The number of amides is 1. The molecule has 1 saturated heterocycles. The molecule has 0 radical (unpaired) electrons. The zero-order valence-electron chi connectivity index (χ0n) is 15.7. The average molecular weight is 366 g/mol. The molecule has 0 saturated carbocycles. The van der Waals surface area contributed by atoms with Gasteiger partial charge in [0.1, 0.15) is 5.75 Å². The second-order valence-electron chi connectivity index (χ2n) is 6.91. The average Bonchev–Trinajstić information content (AvgIpc) is 2.73. The molecule has 5 nitrogen and oxygen atoms in total. The van der Waals surface area contributed by atoms with Crippen molar-refractivity contribution in [1.29, 1.82) is 0 Å². The largest absolute Gasteiger partial charge is 0.497 e. The number of ether oxygens (including phenoxy) is 1. The summed E-state index contributed by atoms with van der Waals surface area (Å²) < 4.78 is 5.13. The molecule has 2 aromatic rings. The van der Waals surface area contributed by atoms with Crippen molar-refractivity contribution in [2.45, 2.75) is 19.4 Å². The molecule has 0 atom stereocenters. The minimum absolute atomic E-state index is 0.0126. The van der Waals surface area contributed by atoms with Gasteiger partial charge in [-0.25, -0.2) is 0 Å². The van der Waals surface area contributed by atoms with Gasteiger partial charge < -0.3 is 10.1 Å². The lowest BCUT2D eigenvalue weighted by molar-refractivity contribution is -0.122. The van der Waals surface area contributed by atoms with E-state index in [4.69, 9.17) is 4.74 Å². The summed E-state index contributed by atoms with van der Waals surface area (Å²) in [5, 5.41) is 2.96. The summed E-state index contributed by atoms with van der Waals surface area (Å²) in [7, 11) is 1.63. The second kappa shape index (κ2) is 9.33. The molecular weight excluding hydrogens is 340 g/mol. The summed E-state index contributed by atoms with van der Waals surface area (Å²) in [4.78, 5) is 26.9. The topological polar surface area (TPSA) is 58.6 Å². The van der Waals surface area contributed by atoms with Gasteiger partial charge in [0.25, 0.3) is 0 Å². The number of methoxy groups -OCH3 is 1. The van der Waals surface area contributed by atoms with E-state index in [2.05, 4.69) is 10.2 Å². The Morgan fingerprint density at radius 1 is 1.04 bits per heavy atom. The lowest BCUT2D eigenvalue weighted by Gasteiger charge is -2.30. The van der Waals surface area contributed by atoms with E-state index in [1.165, 1.54) is 0 Å². The number of Topliss-reactive ketones (excluding diaryl/α,β-unsaturated/α-hetero) is 1. The van der Waals surface area contributed by atoms with Gasteiger partial charge in [-0.15, -0.1) is 0 Å². The van der Waals surface area contributed by atoms with E-state index in [0.29, 0.717) is 13.1 Å². The summed E-state index contributed by atoms with van der Waals surface area (Å²) in [6.45, 7) is 2.44. The Hall–Kier alpha value is -2.66. The number of hydrogen-bond donors (Lipinski definition) is 1. The van der Waals surface area contributed by atoms with Gasteiger partial charge in [0.2, 0.25) is 5.91 Å². The predicted molar refractivity (Wildman–Crippen MR) is 105 cm³/mol. The highest BCUT2D eigenvalue weighted by Gasteiger charge is 2.26. The molecule has 2 aromatic carbocycles. The molecule has 1 fully saturated rings. The maximum Gasteiger partial charge on any atom is 0.234 e. The first kappa shape index (κ1) is 19.1. The molecule has 0 bridgehead atoms. The minimum atomic E-state index is 0.0126. The molecule has 0 aliphatic carbocycles. The van der Waals surface area contributed by atoms with Crippen LogP contribution in [0.5, 0.6) is 5.75 Å². The first-order chi connectivity index (χ1) is 13.2. The maximum absolute atomic E-state index is 12.5. The van der Waals surface area contributed by atoms with Crippen LogP contribution in [0.2, 0.25) is 0 Å². The second-order valence-corrected chi connectivity index (χ2v) is 6.91. The molecule has 5 heteroatoms. The van der Waals surface area contributed by atoms with Crippen molar-refractivity contribution in [3.8, 4) is 5.75 Å². The maximum atomic E-state index is 12.5. The Balaban J connectivity index is 1.40. The van der Waals surface area contributed by atoms with Crippen LogP contribution in [0.3, 0.4) is 0 Å². The third kappa shape index (κ3) is 5.41. The molecule has 1 N–H and O–H groups in total. The summed E-state index contributed by atoms with van der Waals surface area (Å²) in [5.74, 6) is 1.10. The zero-order valence-corrected chi connectivity index (χ0v) is 15.7. The van der Waals surface area contributed by atoms with Crippen molar-refractivity contribution < 1.29 is 14.3 Å². The molecule has 0 spiro atoms. The monoisotopic (exact) mass is 366 g/mol. The fourth-order valence-electron chi connectivity index (χ4n) is 3.39. The van der Waals surface area contributed by atoms with Gasteiger partial charge in [0.15, 0.2) is 5.78 Å². The van der Waals surface area contributed by atoms with E-state index in [1.807, 2.05) is 54.6 Å². The van der Waals surface area contributed by atoms with Crippen LogP contribution in [0.4, 0.5) is 0 Å². The van der Waals surface area contributed by atoms with Crippen LogP contribution in [0.1, 0.15) is 28.8 Å². The standard InChI is InChI=1S/C22H26N2O3/c1-27-20-9-7-17(8-10-20)15-23-21(25)16-24-13-11-19(12-14-24)22(26)18-5-3-2-4-6-18/h2-10,19H,11-16H2,1H3,(H,23,25). The van der Waals surface area contributed by atoms with Gasteiger partial charge in [-0.05, 0) is 43.6 Å². The highest BCUT2D eigenvalue weighted by Crippen LogP contribution is 2.21. The number of ketones is 1. The normalized spacial score (nSPS) is 15.3. The van der Waals surface area contributed by atoms with Gasteiger partial charge >= 0.3 is 0 Å². The molecule has 27 heavy (non-hydrogen) atoms. The number of hydrogen-bond acceptors (Lipinski definition) is 4. The Labute approximate surface area is 160 Å². The van der Waals surface area contributed by atoms with Crippen molar-refractivity contribution in [2.24, 2.45) is 5.92 Å². The molecule has 0 unspecified atom stereocenters. The van der Waals surface area contributed by atoms with Gasteiger partial charge in [-0.1, -0.05) is 42.5 Å². The Bertz CT molecular complexity index is 751. The number of rotatable bonds is 7. The van der Waals surface area contributed by atoms with Crippen molar-refractivity contribution in [3.05, 3.63) is 65.7 Å². The highest BCUT2D eigenvalue weighted by molar-refractivity contribution is 5.97. The Morgan fingerprint density at radius 2 is 1.70 bits per heavy atom. The van der Waals surface area contributed by atoms with E-state index in [0.717, 1.165) is 42.8 Å². The van der Waals surface area contributed by atoms with Gasteiger partial charge in [0.05, 0.1) is 13.7 Å². The fraction of sp³-hybridized carbons (Fsp3) is 0.364. The van der Waals surface area contributed by atoms with E-state index in [1.54, 1.807) is 7.11 Å². The Kier molecular flexibility index (Phi) is 6.60. The molecule has 142 valence electrons. The fourth-order valence-corrected chi connectivity index (χ4v) is 3.39. The first-order valence-corrected chi connectivity index (χ1v) is 9.37. The van der Waals surface area contributed by atoms with E-state index in [9.17, 15) is 9.59 Å². The molecule has 0 aromatic heterocycles. The van der Waals surface area contributed by atoms with Gasteiger partial charge in [0, 0.05) is 18.0 Å². The SMILES string of the molecule is COc1ccc(CNC(=O)CN2CCC(C(=O)c3ccccc3)CC2)cc1. The number of carbonyl (C=O) groups is 2. The molecule has 1 heterocycles. The number of likely N-dealkylation sites (tertiary alicyclic amines) is 1. The van der Waals surface area contributed by atoms with Crippen LogP contribution in [0.25, 0.3) is 0 Å². The predicted octanol–water partition coefficient (Wildman–Crippen LogP) is 2.91. The Morgan fingerprint density at radius 3 is 2.33 bits per heavy atom. The lowest BCUT2D eigenvalue weighted by atomic mass is 9.89. The number of benzene rings is 2. The highest BCUT2D eigenvalue weighted by atomic mass is 16.5. The van der Waals surface area contributed by atoms with Gasteiger partial charge in [-0.2, -0.15) is 0 Å². The van der Waals surface area contributed by atoms with Crippen molar-refractivity contribution >= 4 is 11.7 Å². The molecular formula is C22H26N2O3. The summed E-state index contributed by atoms with van der Waals surface area (Å²) >= 11 is 0. The lowest BCUT2D eigenvalue weighted by Crippen LogP contribution is -2.42.